The Morgan fingerprint density at radius 1 is 0.491 bits per heavy atom. The van der Waals surface area contributed by atoms with Gasteiger partial charge in [-0.15, -0.1) is 0 Å². The summed E-state index contributed by atoms with van der Waals surface area (Å²) in [7, 11) is 0. The molecule has 1 aliphatic rings. The number of hydrogen-bond donors (Lipinski definition) is 0. The average molecular weight is 716 g/mol. The lowest BCUT2D eigenvalue weighted by atomic mass is 9.77. The molecule has 1 aromatic heterocycles. The SMILES string of the molecule is CC(C)(C)c1cc(C(C)(C)C)c2oc3ccc4c(c3c2c1)C(C)(C)c1c-4cccc1N(c1ccc(-c2ccccc2)cc1)c1ccc(-c2ccccc2)cc1. The Labute approximate surface area is 326 Å². The molecule has 9 rings (SSSR count). The summed E-state index contributed by atoms with van der Waals surface area (Å²) in [4.78, 5) is 2.45. The molecule has 0 fully saturated rings. The van der Waals surface area contributed by atoms with Gasteiger partial charge in [-0.05, 0) is 103 Å². The van der Waals surface area contributed by atoms with Gasteiger partial charge in [0.15, 0.2) is 0 Å². The largest absolute Gasteiger partial charge is 0.456 e. The molecular formula is C53H49NO. The van der Waals surface area contributed by atoms with Gasteiger partial charge in [-0.25, -0.2) is 0 Å². The Kier molecular flexibility index (Phi) is 7.99. The number of fused-ring (bicyclic) bond motifs is 7. The quantitative estimate of drug-likeness (QED) is 0.176. The smallest absolute Gasteiger partial charge is 0.139 e. The molecule has 0 saturated carbocycles. The van der Waals surface area contributed by atoms with E-state index in [9.17, 15) is 0 Å². The van der Waals surface area contributed by atoms with Crippen LogP contribution in [0.2, 0.25) is 0 Å². The molecule has 0 aliphatic heterocycles. The van der Waals surface area contributed by atoms with Crippen LogP contribution in [0.4, 0.5) is 17.1 Å². The third-order valence-electron chi connectivity index (χ3n) is 11.7. The molecule has 2 nitrogen and oxygen atoms in total. The summed E-state index contributed by atoms with van der Waals surface area (Å²) in [5.74, 6) is 0. The first-order valence-electron chi connectivity index (χ1n) is 19.6. The minimum absolute atomic E-state index is 0.00594. The predicted molar refractivity (Wildman–Crippen MR) is 234 cm³/mol. The van der Waals surface area contributed by atoms with E-state index in [1.807, 2.05) is 0 Å². The molecule has 0 saturated heterocycles. The molecule has 0 radical (unpaired) electrons. The van der Waals surface area contributed by atoms with E-state index in [2.05, 4.69) is 212 Å². The zero-order valence-electron chi connectivity index (χ0n) is 33.3. The maximum atomic E-state index is 6.90. The minimum Gasteiger partial charge on any atom is -0.456 e. The van der Waals surface area contributed by atoms with Crippen LogP contribution in [-0.4, -0.2) is 0 Å². The predicted octanol–water partition coefficient (Wildman–Crippen LogP) is 15.3. The number of nitrogens with zero attached hydrogens (tertiary/aromatic N) is 1. The van der Waals surface area contributed by atoms with Crippen molar-refractivity contribution in [1.29, 1.82) is 0 Å². The van der Waals surface area contributed by atoms with Crippen molar-refractivity contribution >= 4 is 39.0 Å². The molecule has 0 amide bonds. The molecule has 1 aliphatic carbocycles. The van der Waals surface area contributed by atoms with Crippen molar-refractivity contribution in [3.05, 3.63) is 174 Å². The third kappa shape index (κ3) is 5.78. The number of anilines is 3. The molecule has 8 aromatic rings. The topological polar surface area (TPSA) is 16.4 Å². The normalized spacial score (nSPS) is 13.6. The van der Waals surface area contributed by atoms with Crippen LogP contribution < -0.4 is 4.90 Å². The highest BCUT2D eigenvalue weighted by Gasteiger charge is 2.41. The van der Waals surface area contributed by atoms with Crippen LogP contribution in [0.25, 0.3) is 55.3 Å². The molecule has 55 heavy (non-hydrogen) atoms. The summed E-state index contributed by atoms with van der Waals surface area (Å²) in [6, 6.07) is 55.5. The van der Waals surface area contributed by atoms with E-state index >= 15 is 0 Å². The second kappa shape index (κ2) is 12.6. The van der Waals surface area contributed by atoms with Gasteiger partial charge >= 0.3 is 0 Å². The van der Waals surface area contributed by atoms with Crippen molar-refractivity contribution in [3.63, 3.8) is 0 Å². The first-order chi connectivity index (χ1) is 26.3. The zero-order valence-corrected chi connectivity index (χ0v) is 33.3. The Morgan fingerprint density at radius 2 is 1.02 bits per heavy atom. The van der Waals surface area contributed by atoms with E-state index in [1.165, 1.54) is 72.1 Å². The van der Waals surface area contributed by atoms with Crippen LogP contribution in [0.5, 0.6) is 0 Å². The van der Waals surface area contributed by atoms with Gasteiger partial charge in [-0.1, -0.05) is 165 Å². The summed E-state index contributed by atoms with van der Waals surface area (Å²) in [6.07, 6.45) is 0. The standard InChI is InChI=1S/C53H49NO/c1-51(2,3)38-32-43-47-46(55-50(43)44(33-38)52(4,5)6)31-30-42-41-20-15-21-45(48(41)53(7,8)49(42)47)54(39-26-22-36(23-27-39)34-16-11-9-12-17-34)40-28-24-37(25-29-40)35-18-13-10-14-19-35/h9-33H,1-8H3. The zero-order chi connectivity index (χ0) is 38.3. The molecule has 0 bridgehead atoms. The first kappa shape index (κ1) is 34.9. The van der Waals surface area contributed by atoms with Gasteiger partial charge in [-0.2, -0.15) is 0 Å². The Balaban J connectivity index is 1.26. The van der Waals surface area contributed by atoms with E-state index < -0.39 is 0 Å². The van der Waals surface area contributed by atoms with Gasteiger partial charge in [0, 0.05) is 33.1 Å². The summed E-state index contributed by atoms with van der Waals surface area (Å²) in [5.41, 5.74) is 17.7. The van der Waals surface area contributed by atoms with E-state index in [-0.39, 0.29) is 16.2 Å². The van der Waals surface area contributed by atoms with Gasteiger partial charge in [0.2, 0.25) is 0 Å². The lowest BCUT2D eigenvalue weighted by Crippen LogP contribution is -2.21. The Morgan fingerprint density at radius 3 is 1.55 bits per heavy atom. The van der Waals surface area contributed by atoms with Crippen LogP contribution in [0.1, 0.15) is 77.6 Å². The highest BCUT2D eigenvalue weighted by molar-refractivity contribution is 6.12. The number of furan rings is 1. The van der Waals surface area contributed by atoms with Crippen molar-refractivity contribution in [1.82, 2.24) is 0 Å². The maximum absolute atomic E-state index is 6.90. The third-order valence-corrected chi connectivity index (χ3v) is 11.7. The van der Waals surface area contributed by atoms with E-state index in [1.54, 1.807) is 0 Å². The van der Waals surface area contributed by atoms with Crippen LogP contribution in [0.3, 0.4) is 0 Å². The Bertz CT molecular complexity index is 2620. The summed E-state index contributed by atoms with van der Waals surface area (Å²) in [6.45, 7) is 18.6. The molecule has 0 spiro atoms. The van der Waals surface area contributed by atoms with Crippen LogP contribution >= 0.6 is 0 Å². The van der Waals surface area contributed by atoms with Crippen molar-refractivity contribution in [3.8, 4) is 33.4 Å². The fraction of sp³-hybridized carbons (Fsp3) is 0.208. The monoisotopic (exact) mass is 715 g/mol. The molecular weight excluding hydrogens is 667 g/mol. The molecule has 7 aromatic carbocycles. The minimum atomic E-state index is -0.330. The summed E-state index contributed by atoms with van der Waals surface area (Å²) >= 11 is 0. The second-order valence-electron chi connectivity index (χ2n) is 17.8. The molecule has 272 valence electrons. The van der Waals surface area contributed by atoms with Crippen molar-refractivity contribution < 1.29 is 4.42 Å². The van der Waals surface area contributed by atoms with E-state index in [0.29, 0.717) is 0 Å². The van der Waals surface area contributed by atoms with Gasteiger partial charge in [0.1, 0.15) is 11.2 Å². The Hall–Kier alpha value is -5.86. The average Bonchev–Trinajstić information content (AvgIpc) is 3.67. The number of rotatable bonds is 5. The van der Waals surface area contributed by atoms with Crippen molar-refractivity contribution in [2.45, 2.75) is 71.6 Å². The summed E-state index contributed by atoms with van der Waals surface area (Å²) < 4.78 is 6.90. The van der Waals surface area contributed by atoms with Gasteiger partial charge in [0.25, 0.3) is 0 Å². The lowest BCUT2D eigenvalue weighted by Gasteiger charge is -2.32. The van der Waals surface area contributed by atoms with E-state index in [4.69, 9.17) is 4.42 Å². The van der Waals surface area contributed by atoms with Crippen molar-refractivity contribution in [2.75, 3.05) is 4.90 Å². The fourth-order valence-electron chi connectivity index (χ4n) is 8.86. The van der Waals surface area contributed by atoms with Gasteiger partial charge in [0.05, 0.1) is 5.69 Å². The van der Waals surface area contributed by atoms with Crippen LogP contribution in [-0.2, 0) is 16.2 Å². The van der Waals surface area contributed by atoms with Crippen LogP contribution in [0.15, 0.2) is 156 Å². The van der Waals surface area contributed by atoms with Gasteiger partial charge in [-0.3, -0.25) is 0 Å². The first-order valence-corrected chi connectivity index (χ1v) is 19.6. The number of benzene rings is 7. The molecule has 2 heteroatoms. The van der Waals surface area contributed by atoms with Crippen molar-refractivity contribution in [2.24, 2.45) is 0 Å². The highest BCUT2D eigenvalue weighted by atomic mass is 16.3. The molecule has 0 atom stereocenters. The fourth-order valence-corrected chi connectivity index (χ4v) is 8.86. The second-order valence-corrected chi connectivity index (χ2v) is 17.8. The van der Waals surface area contributed by atoms with E-state index in [0.717, 1.165) is 22.5 Å². The summed E-state index contributed by atoms with van der Waals surface area (Å²) in [5, 5.41) is 2.46. The van der Waals surface area contributed by atoms with Gasteiger partial charge < -0.3 is 9.32 Å². The lowest BCUT2D eigenvalue weighted by molar-refractivity contribution is 0.559. The maximum Gasteiger partial charge on any atom is 0.139 e. The van der Waals surface area contributed by atoms with Crippen LogP contribution in [0, 0.1) is 0 Å². The molecule has 1 heterocycles. The number of hydrogen-bond acceptors (Lipinski definition) is 2. The molecule has 0 unspecified atom stereocenters. The highest BCUT2D eigenvalue weighted by Crippen LogP contribution is 2.57. The molecule has 0 N–H and O–H groups in total.